The molecule has 3 aromatic carbocycles. The van der Waals surface area contributed by atoms with E-state index in [1.165, 1.54) is 11.6 Å². The van der Waals surface area contributed by atoms with Gasteiger partial charge in [-0.25, -0.2) is 0 Å². The zero-order chi connectivity index (χ0) is 18.8. The maximum atomic E-state index is 12.6. The average Bonchev–Trinajstić information content (AvgIpc) is 2.67. The standard InChI is InChI=1S/C23H17ClO3/c1-15-3-2-4-16(11-15)14-26-19-9-10-22-20(12-19)21(25)13-23(27-22)17-5-7-18(24)8-6-17/h2-13H,14H2,1H3. The molecule has 0 fully saturated rings. The van der Waals surface area contributed by atoms with Crippen LogP contribution in [0.3, 0.4) is 0 Å². The Labute approximate surface area is 161 Å². The van der Waals surface area contributed by atoms with E-state index in [1.807, 2.05) is 43.3 Å². The highest BCUT2D eigenvalue weighted by Crippen LogP contribution is 2.26. The van der Waals surface area contributed by atoms with Gasteiger partial charge in [-0.05, 0) is 55.0 Å². The van der Waals surface area contributed by atoms with Crippen molar-refractivity contribution in [3.8, 4) is 17.1 Å². The van der Waals surface area contributed by atoms with E-state index >= 15 is 0 Å². The van der Waals surface area contributed by atoms with Crippen molar-refractivity contribution in [1.82, 2.24) is 0 Å². The minimum absolute atomic E-state index is 0.109. The molecule has 4 heteroatoms. The largest absolute Gasteiger partial charge is 0.489 e. The first kappa shape index (κ1) is 17.4. The fourth-order valence-electron chi connectivity index (χ4n) is 2.95. The van der Waals surface area contributed by atoms with Gasteiger partial charge in [0.25, 0.3) is 0 Å². The Morgan fingerprint density at radius 1 is 0.963 bits per heavy atom. The molecule has 4 rings (SSSR count). The molecule has 1 aromatic heterocycles. The predicted octanol–water partition coefficient (Wildman–Crippen LogP) is 6.00. The van der Waals surface area contributed by atoms with E-state index in [4.69, 9.17) is 20.8 Å². The van der Waals surface area contributed by atoms with Gasteiger partial charge in [-0.3, -0.25) is 4.79 Å². The van der Waals surface area contributed by atoms with Crippen LogP contribution in [0.1, 0.15) is 11.1 Å². The highest BCUT2D eigenvalue weighted by atomic mass is 35.5. The van der Waals surface area contributed by atoms with Crippen LogP contribution in [-0.4, -0.2) is 0 Å². The summed E-state index contributed by atoms with van der Waals surface area (Å²) in [7, 11) is 0. The number of aryl methyl sites for hydroxylation is 1. The van der Waals surface area contributed by atoms with E-state index < -0.39 is 0 Å². The van der Waals surface area contributed by atoms with Gasteiger partial charge in [-0.15, -0.1) is 0 Å². The van der Waals surface area contributed by atoms with Crippen molar-refractivity contribution in [1.29, 1.82) is 0 Å². The first-order valence-electron chi connectivity index (χ1n) is 8.61. The summed E-state index contributed by atoms with van der Waals surface area (Å²) in [6.07, 6.45) is 0. The summed E-state index contributed by atoms with van der Waals surface area (Å²) < 4.78 is 11.7. The quantitative estimate of drug-likeness (QED) is 0.438. The molecule has 0 saturated heterocycles. The minimum atomic E-state index is -0.109. The van der Waals surface area contributed by atoms with Crippen LogP contribution >= 0.6 is 11.6 Å². The van der Waals surface area contributed by atoms with Gasteiger partial charge in [0.15, 0.2) is 5.43 Å². The monoisotopic (exact) mass is 376 g/mol. The van der Waals surface area contributed by atoms with E-state index in [0.717, 1.165) is 11.1 Å². The molecule has 0 amide bonds. The third kappa shape index (κ3) is 3.88. The van der Waals surface area contributed by atoms with Gasteiger partial charge >= 0.3 is 0 Å². The molecule has 0 radical (unpaired) electrons. The molecule has 0 N–H and O–H groups in total. The van der Waals surface area contributed by atoms with Crippen molar-refractivity contribution in [3.05, 3.63) is 99.2 Å². The van der Waals surface area contributed by atoms with Crippen LogP contribution in [0.15, 0.2) is 82.0 Å². The van der Waals surface area contributed by atoms with E-state index in [1.54, 1.807) is 24.3 Å². The van der Waals surface area contributed by atoms with Gasteiger partial charge in [0, 0.05) is 16.7 Å². The summed E-state index contributed by atoms with van der Waals surface area (Å²) in [5.41, 5.74) is 3.49. The van der Waals surface area contributed by atoms with Crippen molar-refractivity contribution in [2.24, 2.45) is 0 Å². The molecule has 134 valence electrons. The van der Waals surface area contributed by atoms with Gasteiger partial charge in [0.05, 0.1) is 5.39 Å². The normalized spacial score (nSPS) is 10.9. The van der Waals surface area contributed by atoms with Gasteiger partial charge in [-0.2, -0.15) is 0 Å². The maximum absolute atomic E-state index is 12.6. The average molecular weight is 377 g/mol. The molecule has 0 aliphatic carbocycles. The second-order valence-electron chi connectivity index (χ2n) is 6.42. The van der Waals surface area contributed by atoms with Crippen LogP contribution < -0.4 is 10.2 Å². The Morgan fingerprint density at radius 3 is 2.56 bits per heavy atom. The predicted molar refractivity (Wildman–Crippen MR) is 108 cm³/mol. The highest BCUT2D eigenvalue weighted by molar-refractivity contribution is 6.30. The molecule has 0 unspecified atom stereocenters. The fraction of sp³-hybridized carbons (Fsp3) is 0.0870. The molecule has 4 aromatic rings. The zero-order valence-electron chi connectivity index (χ0n) is 14.7. The summed E-state index contributed by atoms with van der Waals surface area (Å²) in [6, 6.07) is 22.1. The summed E-state index contributed by atoms with van der Waals surface area (Å²) in [5.74, 6) is 1.15. The summed E-state index contributed by atoms with van der Waals surface area (Å²) in [6.45, 7) is 2.49. The van der Waals surface area contributed by atoms with Crippen molar-refractivity contribution >= 4 is 22.6 Å². The lowest BCUT2D eigenvalue weighted by molar-refractivity contribution is 0.306. The van der Waals surface area contributed by atoms with Crippen molar-refractivity contribution in [2.75, 3.05) is 0 Å². The van der Waals surface area contributed by atoms with E-state index in [-0.39, 0.29) is 5.43 Å². The summed E-state index contributed by atoms with van der Waals surface area (Å²) in [5, 5.41) is 1.13. The van der Waals surface area contributed by atoms with Gasteiger partial charge in [0.1, 0.15) is 23.7 Å². The zero-order valence-corrected chi connectivity index (χ0v) is 15.5. The minimum Gasteiger partial charge on any atom is -0.489 e. The van der Waals surface area contributed by atoms with E-state index in [9.17, 15) is 4.79 Å². The van der Waals surface area contributed by atoms with Crippen molar-refractivity contribution < 1.29 is 9.15 Å². The summed E-state index contributed by atoms with van der Waals surface area (Å²) in [4.78, 5) is 12.6. The lowest BCUT2D eigenvalue weighted by atomic mass is 10.1. The lowest BCUT2D eigenvalue weighted by Crippen LogP contribution is -2.02. The number of rotatable bonds is 4. The van der Waals surface area contributed by atoms with Crippen LogP contribution in [0.4, 0.5) is 0 Å². The van der Waals surface area contributed by atoms with Crippen LogP contribution in [-0.2, 0) is 6.61 Å². The Morgan fingerprint density at radius 2 is 1.78 bits per heavy atom. The summed E-state index contributed by atoms with van der Waals surface area (Å²) >= 11 is 5.92. The third-order valence-electron chi connectivity index (χ3n) is 4.32. The van der Waals surface area contributed by atoms with E-state index in [0.29, 0.717) is 34.1 Å². The van der Waals surface area contributed by atoms with Gasteiger partial charge in [-0.1, -0.05) is 41.4 Å². The molecule has 0 spiro atoms. The number of ether oxygens (including phenoxy) is 1. The Bertz CT molecular complexity index is 1160. The topological polar surface area (TPSA) is 39.4 Å². The number of benzene rings is 3. The van der Waals surface area contributed by atoms with Crippen molar-refractivity contribution in [3.63, 3.8) is 0 Å². The SMILES string of the molecule is Cc1cccc(COc2ccc3oc(-c4ccc(Cl)cc4)cc(=O)c3c2)c1. The molecule has 0 saturated carbocycles. The molecule has 27 heavy (non-hydrogen) atoms. The maximum Gasteiger partial charge on any atom is 0.193 e. The number of fused-ring (bicyclic) bond motifs is 1. The molecule has 0 aliphatic heterocycles. The second-order valence-corrected chi connectivity index (χ2v) is 6.85. The van der Waals surface area contributed by atoms with Gasteiger partial charge < -0.3 is 9.15 Å². The highest BCUT2D eigenvalue weighted by Gasteiger charge is 2.08. The Balaban J connectivity index is 1.63. The first-order chi connectivity index (χ1) is 13.1. The Hall–Kier alpha value is -3.04. The fourth-order valence-corrected chi connectivity index (χ4v) is 3.08. The van der Waals surface area contributed by atoms with Crippen LogP contribution in [0.2, 0.25) is 5.02 Å². The molecule has 1 heterocycles. The van der Waals surface area contributed by atoms with Gasteiger partial charge in [0.2, 0.25) is 0 Å². The Kier molecular flexibility index (Phi) is 4.69. The van der Waals surface area contributed by atoms with Crippen LogP contribution in [0, 0.1) is 6.92 Å². The van der Waals surface area contributed by atoms with Crippen LogP contribution in [0.25, 0.3) is 22.3 Å². The second kappa shape index (κ2) is 7.29. The molecule has 3 nitrogen and oxygen atoms in total. The molecular weight excluding hydrogens is 360 g/mol. The van der Waals surface area contributed by atoms with E-state index in [2.05, 4.69) is 6.07 Å². The number of hydrogen-bond donors (Lipinski definition) is 0. The van der Waals surface area contributed by atoms with Crippen LogP contribution in [0.5, 0.6) is 5.75 Å². The lowest BCUT2D eigenvalue weighted by Gasteiger charge is -2.08. The molecular formula is C23H17ClO3. The first-order valence-corrected chi connectivity index (χ1v) is 8.98. The third-order valence-corrected chi connectivity index (χ3v) is 4.57. The molecule has 0 aliphatic rings. The number of halogens is 1. The number of hydrogen-bond acceptors (Lipinski definition) is 3. The smallest absolute Gasteiger partial charge is 0.193 e. The van der Waals surface area contributed by atoms with Crippen molar-refractivity contribution in [2.45, 2.75) is 13.5 Å². The molecule has 0 atom stereocenters. The molecule has 0 bridgehead atoms.